The number of anilines is 1. The van der Waals surface area contributed by atoms with Gasteiger partial charge in [0.1, 0.15) is 4.88 Å². The lowest BCUT2D eigenvalue weighted by Gasteiger charge is -2.05. The third kappa shape index (κ3) is 2.76. The molecule has 1 aromatic heterocycles. The van der Waals surface area contributed by atoms with E-state index >= 15 is 0 Å². The molecule has 1 unspecified atom stereocenters. The van der Waals surface area contributed by atoms with E-state index in [0.717, 1.165) is 5.56 Å². The first kappa shape index (κ1) is 12.1. The van der Waals surface area contributed by atoms with Crippen LogP contribution in [0.25, 0.3) is 0 Å². The number of thiophene rings is 1. The van der Waals surface area contributed by atoms with Gasteiger partial charge >= 0.3 is 5.97 Å². The van der Waals surface area contributed by atoms with Gasteiger partial charge in [-0.2, -0.15) is 0 Å². The van der Waals surface area contributed by atoms with E-state index in [1.807, 2.05) is 12.3 Å². The summed E-state index contributed by atoms with van der Waals surface area (Å²) in [5.41, 5.74) is 1.42. The Labute approximate surface area is 94.2 Å². The molecule has 15 heavy (non-hydrogen) atoms. The molecule has 1 N–H and O–H groups in total. The van der Waals surface area contributed by atoms with Gasteiger partial charge in [0.05, 0.1) is 12.8 Å². The van der Waals surface area contributed by atoms with E-state index in [2.05, 4.69) is 19.3 Å². The molecule has 6 heteroatoms. The van der Waals surface area contributed by atoms with Gasteiger partial charge in [-0.05, 0) is 17.9 Å². The summed E-state index contributed by atoms with van der Waals surface area (Å²) >= 11 is 1.27. The molecular formula is C9H12NO3PS. The lowest BCUT2D eigenvalue weighted by molar-refractivity contribution is -0.113. The van der Waals surface area contributed by atoms with E-state index < -0.39 is 5.97 Å². The molecule has 0 aliphatic heterocycles. The van der Waals surface area contributed by atoms with Gasteiger partial charge in [0.2, 0.25) is 5.91 Å². The van der Waals surface area contributed by atoms with Crippen LogP contribution in [0, 0.1) is 6.92 Å². The molecule has 1 heterocycles. The maximum absolute atomic E-state index is 11.3. The molecule has 0 fully saturated rings. The first-order chi connectivity index (χ1) is 7.10. The number of hydrogen-bond acceptors (Lipinski definition) is 4. The van der Waals surface area contributed by atoms with Crippen LogP contribution in [-0.4, -0.2) is 25.1 Å². The van der Waals surface area contributed by atoms with Crippen molar-refractivity contribution in [2.75, 3.05) is 18.6 Å². The van der Waals surface area contributed by atoms with E-state index in [1.165, 1.54) is 18.4 Å². The summed E-state index contributed by atoms with van der Waals surface area (Å²) in [4.78, 5) is 23.0. The highest BCUT2D eigenvalue weighted by molar-refractivity contribution is 7.18. The van der Waals surface area contributed by atoms with Gasteiger partial charge in [-0.3, -0.25) is 4.79 Å². The maximum atomic E-state index is 11.3. The molecule has 0 saturated heterocycles. The Morgan fingerprint density at radius 1 is 1.60 bits per heavy atom. The van der Waals surface area contributed by atoms with Crippen molar-refractivity contribution in [3.05, 3.63) is 15.8 Å². The molecule has 0 radical (unpaired) electrons. The summed E-state index contributed by atoms with van der Waals surface area (Å²) in [6.45, 7) is 1.83. The monoisotopic (exact) mass is 245 g/mol. The fourth-order valence-electron chi connectivity index (χ4n) is 1.03. The Morgan fingerprint density at radius 2 is 2.27 bits per heavy atom. The Kier molecular flexibility index (Phi) is 4.24. The minimum Gasteiger partial charge on any atom is -0.465 e. The van der Waals surface area contributed by atoms with Crippen molar-refractivity contribution in [2.24, 2.45) is 0 Å². The highest BCUT2D eigenvalue weighted by Crippen LogP contribution is 2.28. The van der Waals surface area contributed by atoms with Gasteiger partial charge in [-0.15, -0.1) is 20.6 Å². The zero-order valence-corrected chi connectivity index (χ0v) is 10.5. The number of nitrogens with one attached hydrogen (secondary N) is 1. The van der Waals surface area contributed by atoms with Crippen LogP contribution in [0.1, 0.15) is 15.2 Å². The van der Waals surface area contributed by atoms with Crippen LogP contribution in [-0.2, 0) is 9.53 Å². The Morgan fingerprint density at radius 3 is 2.80 bits per heavy atom. The quantitative estimate of drug-likeness (QED) is 0.650. The molecule has 1 amide bonds. The van der Waals surface area contributed by atoms with E-state index in [4.69, 9.17) is 0 Å². The molecule has 0 bridgehead atoms. The molecule has 0 spiro atoms. The Balaban J connectivity index is 2.99. The SMILES string of the molecule is COC(=O)c1scc(C)c1NC(=O)CP. The lowest BCUT2D eigenvalue weighted by Crippen LogP contribution is -2.15. The molecular weight excluding hydrogens is 233 g/mol. The molecule has 1 aromatic rings. The number of aryl methyl sites for hydroxylation is 1. The predicted octanol–water partition coefficient (Wildman–Crippen LogP) is 1.66. The zero-order chi connectivity index (χ0) is 11.4. The van der Waals surface area contributed by atoms with Crippen LogP contribution < -0.4 is 5.32 Å². The van der Waals surface area contributed by atoms with E-state index in [-0.39, 0.29) is 5.91 Å². The fraction of sp³-hybridized carbons (Fsp3) is 0.333. The van der Waals surface area contributed by atoms with Crippen LogP contribution >= 0.6 is 20.6 Å². The number of amides is 1. The van der Waals surface area contributed by atoms with E-state index in [1.54, 1.807) is 0 Å². The fourth-order valence-corrected chi connectivity index (χ4v) is 2.06. The van der Waals surface area contributed by atoms with Crippen LogP contribution in [0.5, 0.6) is 0 Å². The molecule has 0 aliphatic carbocycles. The van der Waals surface area contributed by atoms with Crippen molar-refractivity contribution in [1.82, 2.24) is 0 Å². The van der Waals surface area contributed by atoms with Crippen molar-refractivity contribution in [3.8, 4) is 0 Å². The molecule has 82 valence electrons. The minimum atomic E-state index is -0.424. The van der Waals surface area contributed by atoms with Gasteiger partial charge in [0.15, 0.2) is 0 Å². The van der Waals surface area contributed by atoms with Crippen molar-refractivity contribution in [2.45, 2.75) is 6.92 Å². The summed E-state index contributed by atoms with van der Waals surface area (Å²) in [5.74, 6) is -0.571. The highest BCUT2D eigenvalue weighted by atomic mass is 32.1. The van der Waals surface area contributed by atoms with Crippen LogP contribution in [0.15, 0.2) is 5.38 Å². The van der Waals surface area contributed by atoms with E-state index in [9.17, 15) is 9.59 Å². The highest BCUT2D eigenvalue weighted by Gasteiger charge is 2.17. The summed E-state index contributed by atoms with van der Waals surface area (Å²) in [6, 6.07) is 0. The first-order valence-corrected chi connectivity index (χ1v) is 5.96. The number of rotatable bonds is 3. The van der Waals surface area contributed by atoms with Crippen molar-refractivity contribution in [3.63, 3.8) is 0 Å². The minimum absolute atomic E-state index is 0.147. The molecule has 1 rings (SSSR count). The average molecular weight is 245 g/mol. The summed E-state index contributed by atoms with van der Waals surface area (Å²) < 4.78 is 4.62. The Bertz CT molecular complexity index is 389. The van der Waals surface area contributed by atoms with Crippen molar-refractivity contribution >= 4 is 38.1 Å². The number of carbonyl (C=O) groups is 2. The second-order valence-corrected chi connectivity index (χ2v) is 4.15. The lowest BCUT2D eigenvalue weighted by atomic mass is 10.2. The first-order valence-electron chi connectivity index (χ1n) is 4.26. The van der Waals surface area contributed by atoms with Gasteiger partial charge in [0, 0.05) is 6.16 Å². The van der Waals surface area contributed by atoms with Crippen LogP contribution in [0.4, 0.5) is 5.69 Å². The standard InChI is InChI=1S/C9H12NO3PS/c1-5-4-15-8(9(12)13-2)7(5)10-6(11)3-14/h4H,3,14H2,1-2H3,(H,10,11). The normalized spacial score (nSPS) is 9.80. The number of ether oxygens (including phenoxy) is 1. The number of esters is 1. The number of carbonyl (C=O) groups excluding carboxylic acids is 2. The van der Waals surface area contributed by atoms with Crippen LogP contribution in [0.3, 0.4) is 0 Å². The third-order valence-corrected chi connectivity index (χ3v) is 3.24. The summed E-state index contributed by atoms with van der Waals surface area (Å²) in [6.07, 6.45) is 0.301. The summed E-state index contributed by atoms with van der Waals surface area (Å²) in [5, 5.41) is 4.48. The molecule has 0 aliphatic rings. The Hall–Kier alpha value is -0.930. The zero-order valence-electron chi connectivity index (χ0n) is 8.49. The number of methoxy groups -OCH3 is 1. The van der Waals surface area contributed by atoms with Gasteiger partial charge in [0.25, 0.3) is 0 Å². The molecule has 0 aromatic carbocycles. The van der Waals surface area contributed by atoms with Crippen molar-refractivity contribution < 1.29 is 14.3 Å². The van der Waals surface area contributed by atoms with Gasteiger partial charge in [-0.25, -0.2) is 4.79 Å². The van der Waals surface area contributed by atoms with Crippen LogP contribution in [0.2, 0.25) is 0 Å². The average Bonchev–Trinajstić information content (AvgIpc) is 2.59. The molecule has 4 nitrogen and oxygen atoms in total. The smallest absolute Gasteiger partial charge is 0.350 e. The molecule has 1 atom stereocenters. The molecule has 0 saturated carbocycles. The predicted molar refractivity (Wildman–Crippen MR) is 63.6 cm³/mol. The van der Waals surface area contributed by atoms with E-state index in [0.29, 0.717) is 16.7 Å². The van der Waals surface area contributed by atoms with Crippen molar-refractivity contribution in [1.29, 1.82) is 0 Å². The largest absolute Gasteiger partial charge is 0.465 e. The third-order valence-electron chi connectivity index (χ3n) is 1.80. The van der Waals surface area contributed by atoms with Gasteiger partial charge in [-0.1, -0.05) is 0 Å². The summed E-state index contributed by atoms with van der Waals surface area (Å²) in [7, 11) is 3.65. The maximum Gasteiger partial charge on any atom is 0.350 e. The topological polar surface area (TPSA) is 55.4 Å². The second-order valence-electron chi connectivity index (χ2n) is 2.87. The second kappa shape index (κ2) is 5.24. The number of hydrogen-bond donors (Lipinski definition) is 1. The van der Waals surface area contributed by atoms with Gasteiger partial charge < -0.3 is 10.1 Å².